The second kappa shape index (κ2) is 25.2. The zero-order chi connectivity index (χ0) is 47.1. The number of aliphatic hydroxyl groups is 2. The quantitative estimate of drug-likeness (QED) is 0.108. The van der Waals surface area contributed by atoms with Gasteiger partial charge in [0.2, 0.25) is 24.1 Å². The third-order valence-corrected chi connectivity index (χ3v) is 12.6. The number of ketones is 1. The summed E-state index contributed by atoms with van der Waals surface area (Å²) < 4.78 is 46.8. The van der Waals surface area contributed by atoms with Crippen molar-refractivity contribution in [3.8, 4) is 23.2 Å². The van der Waals surface area contributed by atoms with E-state index in [2.05, 4.69) is 15.0 Å². The number of carbonyl (C=O) groups excluding carboxylic acids is 3. The molecule has 6 bridgehead atoms. The van der Waals surface area contributed by atoms with Crippen LogP contribution in [0.5, 0.6) is 0 Å². The number of rotatable bonds is 16. The highest BCUT2D eigenvalue weighted by molar-refractivity contribution is 5.81. The predicted molar refractivity (Wildman–Crippen MR) is 236 cm³/mol. The fraction of sp³-hybridized carbons (Fsp3) is 0.660. The van der Waals surface area contributed by atoms with Gasteiger partial charge in [-0.2, -0.15) is 0 Å². The normalized spacial score (nSPS) is 27.0. The van der Waals surface area contributed by atoms with Crippen molar-refractivity contribution in [2.75, 3.05) is 35.5 Å². The van der Waals surface area contributed by atoms with Gasteiger partial charge < -0.3 is 52.0 Å². The summed E-state index contributed by atoms with van der Waals surface area (Å²) >= 11 is 0. The van der Waals surface area contributed by atoms with Gasteiger partial charge in [0.05, 0.1) is 36.9 Å². The molecule has 0 saturated carbocycles. The number of hydrogen-bond donors (Lipinski definition) is 2. The highest BCUT2D eigenvalue weighted by Crippen LogP contribution is 2.34. The molecular weight excluding hydrogens is 829 g/mol. The Morgan fingerprint density at radius 1 is 0.922 bits per heavy atom. The second-order valence-electron chi connectivity index (χ2n) is 17.5. The van der Waals surface area contributed by atoms with Crippen molar-refractivity contribution in [2.45, 2.75) is 129 Å². The fourth-order valence-corrected chi connectivity index (χ4v) is 8.46. The first-order valence-corrected chi connectivity index (χ1v) is 22.1. The van der Waals surface area contributed by atoms with E-state index in [4.69, 9.17) is 36.9 Å². The minimum absolute atomic E-state index is 0.0411. The minimum atomic E-state index is -1.03. The molecule has 17 heteroatoms. The van der Waals surface area contributed by atoms with Gasteiger partial charge in [-0.05, 0) is 43.6 Å². The summed E-state index contributed by atoms with van der Waals surface area (Å²) in [6.07, 6.45) is 9.48. The van der Waals surface area contributed by atoms with Crippen molar-refractivity contribution < 1.29 is 61.5 Å². The molecule has 0 aliphatic carbocycles. The molecule has 0 saturated heterocycles. The van der Waals surface area contributed by atoms with Gasteiger partial charge in [-0.3, -0.25) is 14.4 Å². The third-order valence-electron chi connectivity index (χ3n) is 12.6. The molecule has 64 heavy (non-hydrogen) atoms. The largest absolute Gasteiger partial charge is 0.462 e. The summed E-state index contributed by atoms with van der Waals surface area (Å²) in [4.78, 5) is 53.2. The number of nitrogens with zero attached hydrogens (tertiary/aromatic N) is 4. The highest BCUT2D eigenvalue weighted by atomic mass is 16.6. The van der Waals surface area contributed by atoms with Gasteiger partial charge in [0.1, 0.15) is 42.5 Å². The summed E-state index contributed by atoms with van der Waals surface area (Å²) in [5.74, 6) is -1.41. The number of ether oxygens (including phenoxy) is 5. The zero-order valence-electron chi connectivity index (χ0n) is 39.2. The van der Waals surface area contributed by atoms with E-state index in [0.29, 0.717) is 55.1 Å². The van der Waals surface area contributed by atoms with Crippen LogP contribution in [-0.4, -0.2) is 120 Å². The Morgan fingerprint density at radius 3 is 2.28 bits per heavy atom. The van der Waals surface area contributed by atoms with Crippen LogP contribution >= 0.6 is 0 Å². The average molecular weight is 899 g/mol. The molecule has 356 valence electrons. The first-order valence-electron chi connectivity index (χ1n) is 22.1. The average Bonchev–Trinajstić information content (AvgIpc) is 4.07. The van der Waals surface area contributed by atoms with Crippen LogP contribution in [0.25, 0.3) is 29.2 Å². The molecule has 3 aromatic rings. The van der Waals surface area contributed by atoms with Gasteiger partial charge in [0.15, 0.2) is 11.4 Å². The van der Waals surface area contributed by atoms with Gasteiger partial charge >= 0.3 is 5.97 Å². The number of amides is 1. The maximum Gasteiger partial charge on any atom is 0.308 e. The van der Waals surface area contributed by atoms with E-state index in [-0.39, 0.29) is 66.6 Å². The SMILES string of the molecule is COC(CC1OC(=O)CC(O)CC(C)CC(O)C(C)C(OC)c2coc(n2)-c2coc(n2)-c2coc(n2)/C=C/CC(OC)C1C)C(C)CCC(=O)C(C)C(OC)C(C)/C=C/N(C)C=O. The van der Waals surface area contributed by atoms with E-state index in [1.54, 1.807) is 40.7 Å². The van der Waals surface area contributed by atoms with Crippen LogP contribution in [0.1, 0.15) is 104 Å². The Morgan fingerprint density at radius 2 is 1.61 bits per heavy atom. The Labute approximate surface area is 376 Å². The Hall–Kier alpha value is -4.52. The van der Waals surface area contributed by atoms with Gasteiger partial charge in [-0.1, -0.05) is 53.7 Å². The second-order valence-corrected chi connectivity index (χ2v) is 17.5. The van der Waals surface area contributed by atoms with Crippen LogP contribution in [0.3, 0.4) is 0 Å². The van der Waals surface area contributed by atoms with Gasteiger partial charge in [0.25, 0.3) is 0 Å². The lowest BCUT2D eigenvalue weighted by Gasteiger charge is -2.34. The number of aliphatic hydroxyl groups excluding tert-OH is 2. The highest BCUT2D eigenvalue weighted by Gasteiger charge is 2.35. The van der Waals surface area contributed by atoms with Crippen LogP contribution in [0, 0.1) is 35.5 Å². The van der Waals surface area contributed by atoms with E-state index in [1.165, 1.54) is 30.8 Å². The Balaban J connectivity index is 1.55. The van der Waals surface area contributed by atoms with E-state index in [0.717, 1.165) is 0 Å². The molecule has 0 radical (unpaired) electrons. The van der Waals surface area contributed by atoms with Crippen LogP contribution in [0.15, 0.2) is 50.4 Å². The molecule has 13 unspecified atom stereocenters. The molecule has 0 fully saturated rings. The lowest BCUT2D eigenvalue weighted by atomic mass is 9.84. The maximum absolute atomic E-state index is 13.7. The lowest BCUT2D eigenvalue weighted by molar-refractivity contribution is -0.160. The Kier molecular flexibility index (Phi) is 20.6. The number of fused-ring (bicyclic) bond motifs is 8. The molecule has 17 nitrogen and oxygen atoms in total. The summed E-state index contributed by atoms with van der Waals surface area (Å²) in [5.41, 5.74) is 1.16. The van der Waals surface area contributed by atoms with Crippen LogP contribution in [0.4, 0.5) is 0 Å². The minimum Gasteiger partial charge on any atom is -0.462 e. The molecule has 4 heterocycles. The van der Waals surface area contributed by atoms with Crippen LogP contribution in [0.2, 0.25) is 0 Å². The fourth-order valence-electron chi connectivity index (χ4n) is 8.46. The third kappa shape index (κ3) is 14.5. The number of methoxy groups -OCH3 is 4. The molecule has 0 spiro atoms. The molecule has 13 atom stereocenters. The molecule has 3 aromatic heterocycles. The van der Waals surface area contributed by atoms with E-state index in [9.17, 15) is 24.6 Å². The summed E-state index contributed by atoms with van der Waals surface area (Å²) in [6.45, 7) is 11.5. The smallest absolute Gasteiger partial charge is 0.308 e. The van der Waals surface area contributed by atoms with Crippen molar-refractivity contribution in [2.24, 2.45) is 35.5 Å². The summed E-state index contributed by atoms with van der Waals surface area (Å²) in [5, 5.41) is 22.5. The Bertz CT molecular complexity index is 1940. The van der Waals surface area contributed by atoms with Crippen molar-refractivity contribution >= 4 is 24.2 Å². The van der Waals surface area contributed by atoms with E-state index >= 15 is 0 Å². The maximum atomic E-state index is 13.7. The molecule has 1 aliphatic rings. The number of Topliss-reactive ketones (excluding diaryl/α,β-unsaturated/α-hetero) is 1. The van der Waals surface area contributed by atoms with E-state index in [1.807, 2.05) is 53.7 Å². The first kappa shape index (κ1) is 52.1. The molecule has 2 N–H and O–H groups in total. The molecule has 4 rings (SSSR count). The number of esters is 1. The van der Waals surface area contributed by atoms with Crippen molar-refractivity contribution in [3.63, 3.8) is 0 Å². The molecular formula is C47H70N4O13. The standard InChI is InChI=1S/C47H70N4O13/c1-27-19-33(53)21-43(56)64-41(22-40(58-9)28(2)15-16-37(54)30(4)44(59-10)29(3)17-18-51(7)26-52)32(6)39(57-8)13-12-14-42-48-35(24-61-42)46-50-36(25-63-46)47-49-34(23-62-47)45(60-11)31(5)38(55)20-27/h12,14,17-18,23-33,38-41,44-45,53,55H,13,15-16,19-22H2,1-11H3/b14-12+,18-17+. The lowest BCUT2D eigenvalue weighted by Crippen LogP contribution is -2.39. The number of cyclic esters (lactones) is 1. The number of aromatic nitrogens is 3. The molecule has 1 amide bonds. The number of hydrogen-bond acceptors (Lipinski definition) is 16. The van der Waals surface area contributed by atoms with Crippen molar-refractivity contribution in [1.29, 1.82) is 0 Å². The molecule has 1 aliphatic heterocycles. The predicted octanol–water partition coefficient (Wildman–Crippen LogP) is 7.10. The first-order chi connectivity index (χ1) is 30.5. The topological polar surface area (TPSA) is 219 Å². The zero-order valence-corrected chi connectivity index (χ0v) is 39.2. The van der Waals surface area contributed by atoms with Crippen molar-refractivity contribution in [3.05, 3.63) is 48.7 Å². The van der Waals surface area contributed by atoms with Crippen molar-refractivity contribution in [1.82, 2.24) is 19.9 Å². The van der Waals surface area contributed by atoms with Gasteiger partial charge in [-0.25, -0.2) is 15.0 Å². The summed E-state index contributed by atoms with van der Waals surface area (Å²) in [7, 11) is 7.94. The van der Waals surface area contributed by atoms with Crippen LogP contribution < -0.4 is 0 Å². The molecule has 0 aromatic carbocycles. The van der Waals surface area contributed by atoms with Gasteiger partial charge in [-0.15, -0.1) is 0 Å². The summed E-state index contributed by atoms with van der Waals surface area (Å²) in [6, 6.07) is 0. The monoisotopic (exact) mass is 898 g/mol. The number of carbonyl (C=O) groups is 3. The number of oxazole rings is 3. The van der Waals surface area contributed by atoms with E-state index < -0.39 is 54.4 Å². The van der Waals surface area contributed by atoms with Gasteiger partial charge in [0, 0.05) is 78.2 Å². The van der Waals surface area contributed by atoms with Crippen LogP contribution in [-0.2, 0) is 38.1 Å².